The third kappa shape index (κ3) is 3.59. The van der Waals surface area contributed by atoms with E-state index in [9.17, 15) is 9.59 Å². The lowest BCUT2D eigenvalue weighted by Gasteiger charge is -2.13. The first-order valence-corrected chi connectivity index (χ1v) is 8.64. The Hall–Kier alpha value is -3.61. The smallest absolute Gasteiger partial charge is 0.339 e. The summed E-state index contributed by atoms with van der Waals surface area (Å²) in [6.07, 6.45) is 5.08. The first-order chi connectivity index (χ1) is 13.4. The molecular formula is C21H21N3O4. The zero-order valence-corrected chi connectivity index (χ0v) is 16.0. The second kappa shape index (κ2) is 7.96. The second-order valence-electron chi connectivity index (χ2n) is 6.24. The number of methoxy groups -OCH3 is 1. The summed E-state index contributed by atoms with van der Waals surface area (Å²) in [6.45, 7) is 7.32. The molecule has 2 heterocycles. The van der Waals surface area contributed by atoms with E-state index in [1.807, 2.05) is 18.2 Å². The van der Waals surface area contributed by atoms with Crippen LogP contribution in [-0.2, 0) is 4.74 Å². The number of nitrogens with one attached hydrogen (secondary N) is 1. The largest absolute Gasteiger partial charge is 0.485 e. The predicted molar refractivity (Wildman–Crippen MR) is 105 cm³/mol. The number of ketones is 1. The third-order valence-corrected chi connectivity index (χ3v) is 4.48. The number of ether oxygens (including phenoxy) is 2. The molecule has 0 bridgehead atoms. The zero-order chi connectivity index (χ0) is 20.3. The van der Waals surface area contributed by atoms with Crippen LogP contribution in [0.15, 0.2) is 49.6 Å². The molecule has 0 fully saturated rings. The van der Waals surface area contributed by atoms with Gasteiger partial charge in [-0.2, -0.15) is 0 Å². The van der Waals surface area contributed by atoms with E-state index in [1.54, 1.807) is 43.2 Å². The summed E-state index contributed by atoms with van der Waals surface area (Å²) in [7, 11) is 1.31. The monoisotopic (exact) mass is 379 g/mol. The van der Waals surface area contributed by atoms with Crippen molar-refractivity contribution in [2.24, 2.45) is 0 Å². The van der Waals surface area contributed by atoms with Crippen LogP contribution < -0.4 is 4.74 Å². The fourth-order valence-electron chi connectivity index (χ4n) is 3.04. The van der Waals surface area contributed by atoms with Gasteiger partial charge in [0.1, 0.15) is 5.75 Å². The zero-order valence-electron chi connectivity index (χ0n) is 16.0. The van der Waals surface area contributed by atoms with Gasteiger partial charge in [-0.1, -0.05) is 18.7 Å². The van der Waals surface area contributed by atoms with Crippen molar-refractivity contribution in [3.05, 3.63) is 77.6 Å². The maximum atomic E-state index is 12.7. The Balaban J connectivity index is 1.80. The van der Waals surface area contributed by atoms with Crippen molar-refractivity contribution in [1.82, 2.24) is 14.5 Å². The van der Waals surface area contributed by atoms with E-state index in [2.05, 4.69) is 16.5 Å². The van der Waals surface area contributed by atoms with Crippen LogP contribution in [0, 0.1) is 13.8 Å². The Morgan fingerprint density at radius 1 is 1.25 bits per heavy atom. The highest BCUT2D eigenvalue weighted by Gasteiger charge is 2.23. The summed E-state index contributed by atoms with van der Waals surface area (Å²) in [5.41, 5.74) is 3.28. The van der Waals surface area contributed by atoms with Crippen molar-refractivity contribution >= 4 is 17.4 Å². The van der Waals surface area contributed by atoms with Crippen LogP contribution in [0.5, 0.6) is 5.75 Å². The Labute approximate surface area is 162 Å². The highest BCUT2D eigenvalue weighted by Crippen LogP contribution is 2.26. The molecule has 1 aromatic carbocycles. The average Bonchev–Trinajstić information content (AvgIpc) is 3.33. The molecular weight excluding hydrogens is 358 g/mol. The molecule has 144 valence electrons. The normalized spacial score (nSPS) is 10.5. The number of rotatable bonds is 7. The van der Waals surface area contributed by atoms with Gasteiger partial charge in [-0.05, 0) is 31.5 Å². The van der Waals surface area contributed by atoms with Gasteiger partial charge in [-0.25, -0.2) is 9.78 Å². The number of carbonyl (C=O) groups is 2. The number of hydrogen-bond acceptors (Lipinski definition) is 5. The van der Waals surface area contributed by atoms with Crippen LogP contribution >= 0.6 is 0 Å². The summed E-state index contributed by atoms with van der Waals surface area (Å²) < 4.78 is 12.3. The molecule has 0 aliphatic carbocycles. The molecule has 0 atom stereocenters. The highest BCUT2D eigenvalue weighted by atomic mass is 16.5. The maximum absolute atomic E-state index is 12.7. The minimum Gasteiger partial charge on any atom is -0.485 e. The van der Waals surface area contributed by atoms with Gasteiger partial charge in [0.25, 0.3) is 0 Å². The number of para-hydroxylation sites is 1. The van der Waals surface area contributed by atoms with E-state index >= 15 is 0 Å². The number of H-pyrrole nitrogens is 1. The highest BCUT2D eigenvalue weighted by molar-refractivity contribution is 6.02. The van der Waals surface area contributed by atoms with Crippen LogP contribution in [0.2, 0.25) is 0 Å². The molecule has 0 aliphatic heterocycles. The first-order valence-electron chi connectivity index (χ1n) is 8.64. The van der Waals surface area contributed by atoms with Crippen LogP contribution in [0.4, 0.5) is 0 Å². The van der Waals surface area contributed by atoms with Crippen LogP contribution in [0.25, 0.3) is 5.70 Å². The Bertz CT molecular complexity index is 1030. The van der Waals surface area contributed by atoms with Crippen LogP contribution in [0.3, 0.4) is 0 Å². The second-order valence-corrected chi connectivity index (χ2v) is 6.24. The lowest BCUT2D eigenvalue weighted by molar-refractivity contribution is 0.0599. The molecule has 1 N–H and O–H groups in total. The van der Waals surface area contributed by atoms with Crippen molar-refractivity contribution < 1.29 is 19.1 Å². The number of hydrogen-bond donors (Lipinski definition) is 1. The molecule has 28 heavy (non-hydrogen) atoms. The molecule has 0 radical (unpaired) electrons. The fraction of sp³-hybridized carbons (Fsp3) is 0.190. The van der Waals surface area contributed by atoms with Gasteiger partial charge in [0.15, 0.2) is 6.61 Å². The van der Waals surface area contributed by atoms with Gasteiger partial charge in [0, 0.05) is 23.7 Å². The Morgan fingerprint density at radius 2 is 2.00 bits per heavy atom. The van der Waals surface area contributed by atoms with Gasteiger partial charge in [0.05, 0.1) is 30.4 Å². The number of Topliss-reactive ketones (excluding diaryl/α,β-unsaturated/α-hetero) is 1. The molecule has 0 spiro atoms. The number of nitrogens with zero attached hydrogens (tertiary/aromatic N) is 2. The lowest BCUT2D eigenvalue weighted by atomic mass is 10.1. The number of aromatic amines is 1. The van der Waals surface area contributed by atoms with Gasteiger partial charge in [-0.3, -0.25) is 4.79 Å². The number of carbonyl (C=O) groups excluding carboxylic acids is 2. The molecule has 0 saturated carbocycles. The predicted octanol–water partition coefficient (Wildman–Crippen LogP) is 3.40. The summed E-state index contributed by atoms with van der Waals surface area (Å²) in [5.74, 6) is -0.212. The van der Waals surface area contributed by atoms with Gasteiger partial charge in [0.2, 0.25) is 5.78 Å². The average molecular weight is 379 g/mol. The van der Waals surface area contributed by atoms with Crippen molar-refractivity contribution in [3.63, 3.8) is 0 Å². The SMILES string of the molecule is C=C(c1ccccc1OCC(=O)c1[nH]c(C)c(C(=O)OC)c1C)n1ccnc1. The molecule has 0 aliphatic rings. The summed E-state index contributed by atoms with van der Waals surface area (Å²) >= 11 is 0. The topological polar surface area (TPSA) is 86.2 Å². The molecule has 0 saturated heterocycles. The van der Waals surface area contributed by atoms with Crippen molar-refractivity contribution in [2.45, 2.75) is 13.8 Å². The maximum Gasteiger partial charge on any atom is 0.339 e. The number of aromatic nitrogens is 3. The van der Waals surface area contributed by atoms with E-state index < -0.39 is 5.97 Å². The standard InChI is InChI=1S/C21H21N3O4/c1-13-19(21(26)27-4)14(2)23-20(13)17(25)11-28-18-8-6-5-7-16(18)15(3)24-10-9-22-12-24/h5-10,12,23H,3,11H2,1-2,4H3. The minimum absolute atomic E-state index is 0.185. The molecule has 2 aromatic heterocycles. The fourth-order valence-corrected chi connectivity index (χ4v) is 3.04. The van der Waals surface area contributed by atoms with Crippen LogP contribution in [0.1, 0.15) is 37.7 Å². The third-order valence-electron chi connectivity index (χ3n) is 4.48. The molecule has 7 nitrogen and oxygen atoms in total. The minimum atomic E-state index is -0.479. The van der Waals surface area contributed by atoms with Crippen LogP contribution in [-0.4, -0.2) is 40.0 Å². The summed E-state index contributed by atoms with van der Waals surface area (Å²) in [4.78, 5) is 31.6. The van der Waals surface area contributed by atoms with Crippen molar-refractivity contribution in [3.8, 4) is 5.75 Å². The molecule has 3 rings (SSSR count). The number of imidazole rings is 1. The Morgan fingerprint density at radius 3 is 2.68 bits per heavy atom. The number of benzene rings is 1. The molecule has 3 aromatic rings. The summed E-state index contributed by atoms with van der Waals surface area (Å²) in [6, 6.07) is 7.33. The number of aryl methyl sites for hydroxylation is 1. The van der Waals surface area contributed by atoms with E-state index in [0.29, 0.717) is 34.0 Å². The van der Waals surface area contributed by atoms with Crippen molar-refractivity contribution in [2.75, 3.05) is 13.7 Å². The van der Waals surface area contributed by atoms with E-state index in [1.165, 1.54) is 7.11 Å². The molecule has 0 unspecified atom stereocenters. The van der Waals surface area contributed by atoms with E-state index in [-0.39, 0.29) is 12.4 Å². The van der Waals surface area contributed by atoms with Gasteiger partial charge in [-0.15, -0.1) is 0 Å². The molecule has 0 amide bonds. The molecule has 7 heteroatoms. The first kappa shape index (κ1) is 19.2. The quantitative estimate of drug-likeness (QED) is 0.502. The van der Waals surface area contributed by atoms with Gasteiger partial charge < -0.3 is 19.0 Å². The summed E-state index contributed by atoms with van der Waals surface area (Å²) in [5, 5.41) is 0. The van der Waals surface area contributed by atoms with Gasteiger partial charge >= 0.3 is 5.97 Å². The Kier molecular flexibility index (Phi) is 5.44. The lowest BCUT2D eigenvalue weighted by Crippen LogP contribution is -2.14. The van der Waals surface area contributed by atoms with E-state index in [4.69, 9.17) is 9.47 Å². The van der Waals surface area contributed by atoms with Crippen molar-refractivity contribution in [1.29, 1.82) is 0 Å². The number of esters is 1. The van der Waals surface area contributed by atoms with E-state index in [0.717, 1.165) is 5.56 Å².